The highest BCUT2D eigenvalue weighted by molar-refractivity contribution is 5.40. The van der Waals surface area contributed by atoms with Crippen molar-refractivity contribution >= 4 is 5.82 Å². The fraction of sp³-hybridized carbons (Fsp3) is 0.688. The number of rotatable bonds is 3. The smallest absolute Gasteiger partial charge is 0.126 e. The zero-order valence-electron chi connectivity index (χ0n) is 11.0. The third-order valence-corrected chi connectivity index (χ3v) is 5.36. The Morgan fingerprint density at radius 1 is 1.17 bits per heavy atom. The number of aromatic nitrogens is 1. The van der Waals surface area contributed by atoms with Crippen molar-refractivity contribution in [1.82, 2.24) is 4.98 Å². The lowest BCUT2D eigenvalue weighted by molar-refractivity contribution is 0.348. The molecule has 0 spiro atoms. The van der Waals surface area contributed by atoms with Crippen LogP contribution in [0.3, 0.4) is 0 Å². The second-order valence-electron chi connectivity index (χ2n) is 6.47. The van der Waals surface area contributed by atoms with E-state index in [0.717, 1.165) is 30.1 Å². The fourth-order valence-electron chi connectivity index (χ4n) is 4.38. The highest BCUT2D eigenvalue weighted by Gasteiger charge is 2.39. The second-order valence-corrected chi connectivity index (χ2v) is 6.47. The van der Waals surface area contributed by atoms with Crippen LogP contribution in [0.5, 0.6) is 0 Å². The average molecular weight is 242 g/mol. The summed E-state index contributed by atoms with van der Waals surface area (Å²) in [5.41, 5.74) is 2.81. The first-order valence-electron chi connectivity index (χ1n) is 7.61. The van der Waals surface area contributed by atoms with Crippen molar-refractivity contribution in [3.8, 4) is 0 Å². The summed E-state index contributed by atoms with van der Waals surface area (Å²) in [6.07, 6.45) is 9.64. The van der Waals surface area contributed by atoms with Gasteiger partial charge in [0.25, 0.3) is 0 Å². The van der Waals surface area contributed by atoms with Crippen LogP contribution in [-0.2, 0) is 12.8 Å². The Morgan fingerprint density at radius 3 is 3.00 bits per heavy atom. The fourth-order valence-corrected chi connectivity index (χ4v) is 4.38. The molecule has 0 aromatic carbocycles. The van der Waals surface area contributed by atoms with Crippen molar-refractivity contribution in [1.29, 1.82) is 0 Å². The number of nitrogens with zero attached hydrogens (tertiary/aromatic N) is 1. The molecule has 2 heteroatoms. The number of nitrogens with one attached hydrogen (secondary N) is 1. The molecule has 3 atom stereocenters. The predicted molar refractivity (Wildman–Crippen MR) is 73.7 cm³/mol. The Morgan fingerprint density at radius 2 is 2.17 bits per heavy atom. The van der Waals surface area contributed by atoms with E-state index in [0.29, 0.717) is 0 Å². The van der Waals surface area contributed by atoms with E-state index in [2.05, 4.69) is 17.4 Å². The molecule has 4 rings (SSSR count). The van der Waals surface area contributed by atoms with Crippen molar-refractivity contribution < 1.29 is 0 Å². The van der Waals surface area contributed by atoms with Gasteiger partial charge >= 0.3 is 0 Å². The lowest BCUT2D eigenvalue weighted by Crippen LogP contribution is -2.20. The van der Waals surface area contributed by atoms with Crippen molar-refractivity contribution in [2.45, 2.75) is 44.9 Å². The number of pyridine rings is 1. The maximum atomic E-state index is 4.77. The van der Waals surface area contributed by atoms with Gasteiger partial charge in [0.1, 0.15) is 5.82 Å². The molecule has 2 fully saturated rings. The monoisotopic (exact) mass is 242 g/mol. The summed E-state index contributed by atoms with van der Waals surface area (Å²) in [6, 6.07) is 4.45. The molecule has 18 heavy (non-hydrogen) atoms. The molecule has 1 aromatic heterocycles. The molecule has 0 saturated heterocycles. The molecule has 2 bridgehead atoms. The molecular formula is C16H22N2. The van der Waals surface area contributed by atoms with E-state index in [1.54, 1.807) is 0 Å². The van der Waals surface area contributed by atoms with E-state index >= 15 is 0 Å². The topological polar surface area (TPSA) is 24.9 Å². The van der Waals surface area contributed by atoms with E-state index in [9.17, 15) is 0 Å². The Hall–Kier alpha value is -1.05. The van der Waals surface area contributed by atoms with Gasteiger partial charge in [-0.05, 0) is 67.9 Å². The molecule has 1 heterocycles. The molecule has 2 saturated carbocycles. The number of fused-ring (bicyclic) bond motifs is 3. The Balaban J connectivity index is 1.40. The van der Waals surface area contributed by atoms with Gasteiger partial charge in [0, 0.05) is 12.2 Å². The van der Waals surface area contributed by atoms with Crippen LogP contribution in [0, 0.1) is 17.8 Å². The standard InChI is InChI=1S/C16H22N2/c1-2-12-6-7-16(18-15(12)3-1)17-10-14-9-11-4-5-13(14)8-11/h6-7,11,13-14H,1-5,8-10H2,(H,17,18). The summed E-state index contributed by atoms with van der Waals surface area (Å²) >= 11 is 0. The predicted octanol–water partition coefficient (Wildman–Crippen LogP) is 3.42. The minimum Gasteiger partial charge on any atom is -0.370 e. The van der Waals surface area contributed by atoms with E-state index in [1.165, 1.54) is 56.2 Å². The van der Waals surface area contributed by atoms with Gasteiger partial charge in [-0.1, -0.05) is 12.5 Å². The third-order valence-electron chi connectivity index (χ3n) is 5.36. The van der Waals surface area contributed by atoms with Crippen molar-refractivity contribution in [2.24, 2.45) is 17.8 Å². The van der Waals surface area contributed by atoms with Crippen LogP contribution in [0.25, 0.3) is 0 Å². The summed E-state index contributed by atoms with van der Waals surface area (Å²) in [7, 11) is 0. The molecule has 96 valence electrons. The molecule has 3 aliphatic rings. The highest BCUT2D eigenvalue weighted by Crippen LogP contribution is 2.48. The van der Waals surface area contributed by atoms with Gasteiger partial charge in [0.15, 0.2) is 0 Å². The minimum atomic E-state index is 0.916. The van der Waals surface area contributed by atoms with Crippen LogP contribution in [0.15, 0.2) is 12.1 Å². The van der Waals surface area contributed by atoms with Crippen LogP contribution in [-0.4, -0.2) is 11.5 Å². The van der Waals surface area contributed by atoms with E-state index in [4.69, 9.17) is 4.98 Å². The average Bonchev–Trinajstić information content (AvgIpc) is 3.11. The first-order valence-corrected chi connectivity index (χ1v) is 7.61. The van der Waals surface area contributed by atoms with Crippen LogP contribution in [0.2, 0.25) is 0 Å². The van der Waals surface area contributed by atoms with Crippen molar-refractivity contribution in [2.75, 3.05) is 11.9 Å². The van der Waals surface area contributed by atoms with Gasteiger partial charge in [0.05, 0.1) is 0 Å². The molecule has 2 nitrogen and oxygen atoms in total. The second kappa shape index (κ2) is 4.25. The van der Waals surface area contributed by atoms with E-state index in [-0.39, 0.29) is 0 Å². The Labute approximate surface area is 109 Å². The van der Waals surface area contributed by atoms with Gasteiger partial charge < -0.3 is 5.32 Å². The molecule has 1 aromatic rings. The third kappa shape index (κ3) is 1.82. The van der Waals surface area contributed by atoms with E-state index in [1.807, 2.05) is 0 Å². The molecule has 3 aliphatic carbocycles. The molecule has 3 unspecified atom stereocenters. The Bertz CT molecular complexity index is 454. The molecule has 0 radical (unpaired) electrons. The summed E-state index contributed by atoms with van der Waals surface area (Å²) < 4.78 is 0. The van der Waals surface area contributed by atoms with Crippen LogP contribution >= 0.6 is 0 Å². The van der Waals surface area contributed by atoms with Gasteiger partial charge in [-0.2, -0.15) is 0 Å². The molecule has 1 N–H and O–H groups in total. The van der Waals surface area contributed by atoms with Crippen molar-refractivity contribution in [3.05, 3.63) is 23.4 Å². The maximum absolute atomic E-state index is 4.77. The summed E-state index contributed by atoms with van der Waals surface area (Å²) in [5.74, 6) is 4.09. The quantitative estimate of drug-likeness (QED) is 0.878. The minimum absolute atomic E-state index is 0.916. The summed E-state index contributed by atoms with van der Waals surface area (Å²) in [6.45, 7) is 1.15. The number of aryl methyl sites for hydroxylation is 2. The summed E-state index contributed by atoms with van der Waals surface area (Å²) in [4.78, 5) is 4.77. The normalized spacial score (nSPS) is 32.8. The first kappa shape index (κ1) is 10.8. The van der Waals surface area contributed by atoms with E-state index < -0.39 is 0 Å². The van der Waals surface area contributed by atoms with Crippen molar-refractivity contribution in [3.63, 3.8) is 0 Å². The molecular weight excluding hydrogens is 220 g/mol. The maximum Gasteiger partial charge on any atom is 0.126 e. The first-order chi connectivity index (χ1) is 8.88. The lowest BCUT2D eigenvalue weighted by Gasteiger charge is -2.22. The van der Waals surface area contributed by atoms with Gasteiger partial charge in [-0.3, -0.25) is 0 Å². The largest absolute Gasteiger partial charge is 0.370 e. The van der Waals surface area contributed by atoms with Crippen LogP contribution in [0.1, 0.15) is 43.4 Å². The highest BCUT2D eigenvalue weighted by atomic mass is 15.0. The number of anilines is 1. The number of hydrogen-bond donors (Lipinski definition) is 1. The van der Waals surface area contributed by atoms with Gasteiger partial charge in [-0.15, -0.1) is 0 Å². The van der Waals surface area contributed by atoms with Crippen LogP contribution in [0.4, 0.5) is 5.82 Å². The zero-order chi connectivity index (χ0) is 11.9. The lowest BCUT2D eigenvalue weighted by atomic mass is 9.89. The van der Waals surface area contributed by atoms with Gasteiger partial charge in [0.2, 0.25) is 0 Å². The number of hydrogen-bond acceptors (Lipinski definition) is 2. The van der Waals surface area contributed by atoms with Crippen LogP contribution < -0.4 is 5.32 Å². The SMILES string of the molecule is c1cc2c(nc1NCC1CC3CCC1C3)CCC2. The van der Waals surface area contributed by atoms with Gasteiger partial charge in [-0.25, -0.2) is 4.98 Å². The molecule has 0 aliphatic heterocycles. The zero-order valence-corrected chi connectivity index (χ0v) is 11.0. The molecule has 0 amide bonds. The Kier molecular flexibility index (Phi) is 2.56. The summed E-state index contributed by atoms with van der Waals surface area (Å²) in [5, 5.41) is 3.59.